The molecule has 0 aliphatic rings. The highest BCUT2D eigenvalue weighted by atomic mass is 16.5. The minimum atomic E-state index is -0.313. The molecule has 176 valence electrons. The van der Waals surface area contributed by atoms with E-state index in [4.69, 9.17) is 14.7 Å². The first-order valence-electron chi connectivity index (χ1n) is 11.0. The lowest BCUT2D eigenvalue weighted by molar-refractivity contribution is -0.124. The molecule has 0 unspecified atom stereocenters. The smallest absolute Gasteiger partial charge is 0.258 e. The summed E-state index contributed by atoms with van der Waals surface area (Å²) in [5, 5.41) is 13.9. The number of rotatable bonds is 7. The third-order valence-electron chi connectivity index (χ3n) is 4.93. The van der Waals surface area contributed by atoms with Gasteiger partial charge in [0.2, 0.25) is 0 Å². The van der Waals surface area contributed by atoms with Crippen LogP contribution in [-0.4, -0.2) is 52.3 Å². The average molecular weight is 460 g/mol. The second-order valence-corrected chi connectivity index (χ2v) is 9.22. The molecule has 1 amide bonds. The van der Waals surface area contributed by atoms with Gasteiger partial charge in [0.15, 0.2) is 12.4 Å². The van der Waals surface area contributed by atoms with Gasteiger partial charge in [-0.3, -0.25) is 9.89 Å². The molecular weight excluding hydrogens is 430 g/mol. The van der Waals surface area contributed by atoms with Crippen LogP contribution in [-0.2, 0) is 4.79 Å². The fourth-order valence-electron chi connectivity index (χ4n) is 3.40. The SMILES string of the molecule is CN(C)c1ccc2nc(-c3cccc(OCC(=O)NC(C)(C)C)c3)nc(Nc3cn[nH]c3)c2c1. The first kappa shape index (κ1) is 23.0. The lowest BCUT2D eigenvalue weighted by Gasteiger charge is -2.20. The fraction of sp³-hybridized carbons (Fsp3) is 0.280. The summed E-state index contributed by atoms with van der Waals surface area (Å²) >= 11 is 0. The first-order valence-corrected chi connectivity index (χ1v) is 11.0. The van der Waals surface area contributed by atoms with E-state index in [0.717, 1.165) is 27.8 Å². The Balaban J connectivity index is 1.67. The number of amides is 1. The van der Waals surface area contributed by atoms with E-state index in [1.807, 2.05) is 76.2 Å². The van der Waals surface area contributed by atoms with E-state index < -0.39 is 0 Å². The van der Waals surface area contributed by atoms with Crippen LogP contribution in [0.25, 0.3) is 22.3 Å². The summed E-state index contributed by atoms with van der Waals surface area (Å²) in [5.74, 6) is 1.60. The van der Waals surface area contributed by atoms with Gasteiger partial charge >= 0.3 is 0 Å². The van der Waals surface area contributed by atoms with Crippen molar-refractivity contribution in [2.24, 2.45) is 0 Å². The second kappa shape index (κ2) is 9.38. The molecule has 0 bridgehead atoms. The normalized spacial score (nSPS) is 11.3. The number of carbonyl (C=O) groups excluding carboxylic acids is 1. The maximum absolute atomic E-state index is 12.1. The fourth-order valence-corrected chi connectivity index (χ4v) is 3.40. The van der Waals surface area contributed by atoms with Crippen LogP contribution >= 0.6 is 0 Å². The Morgan fingerprint density at radius 3 is 2.65 bits per heavy atom. The molecule has 0 fully saturated rings. The molecule has 0 aliphatic heterocycles. The number of aromatic amines is 1. The van der Waals surface area contributed by atoms with Crippen molar-refractivity contribution < 1.29 is 9.53 Å². The molecule has 9 heteroatoms. The number of H-pyrrole nitrogens is 1. The molecule has 0 aliphatic carbocycles. The summed E-state index contributed by atoms with van der Waals surface area (Å²) in [4.78, 5) is 23.8. The van der Waals surface area contributed by atoms with Crippen molar-refractivity contribution in [1.29, 1.82) is 0 Å². The number of anilines is 3. The predicted octanol–water partition coefficient (Wildman–Crippen LogP) is 4.12. The van der Waals surface area contributed by atoms with E-state index in [0.29, 0.717) is 17.4 Å². The molecule has 4 aromatic rings. The molecule has 0 saturated heterocycles. The lowest BCUT2D eigenvalue weighted by atomic mass is 10.1. The third kappa shape index (κ3) is 5.61. The molecular formula is C25H29N7O2. The molecule has 0 radical (unpaired) electrons. The molecule has 0 spiro atoms. The highest BCUT2D eigenvalue weighted by molar-refractivity contribution is 5.94. The largest absolute Gasteiger partial charge is 0.484 e. The van der Waals surface area contributed by atoms with E-state index in [1.165, 1.54) is 0 Å². The maximum Gasteiger partial charge on any atom is 0.258 e. The van der Waals surface area contributed by atoms with Gasteiger partial charge in [0.1, 0.15) is 11.6 Å². The zero-order chi connectivity index (χ0) is 24.3. The zero-order valence-electron chi connectivity index (χ0n) is 20.0. The van der Waals surface area contributed by atoms with Gasteiger partial charge in [0, 0.05) is 42.5 Å². The predicted molar refractivity (Wildman–Crippen MR) is 135 cm³/mol. The quantitative estimate of drug-likeness (QED) is 0.381. The van der Waals surface area contributed by atoms with Crippen LogP contribution in [0.1, 0.15) is 20.8 Å². The van der Waals surface area contributed by atoms with Crippen molar-refractivity contribution in [3.8, 4) is 17.1 Å². The number of hydrogen-bond acceptors (Lipinski definition) is 7. The van der Waals surface area contributed by atoms with Gasteiger partial charge in [-0.15, -0.1) is 0 Å². The van der Waals surface area contributed by atoms with E-state index >= 15 is 0 Å². The van der Waals surface area contributed by atoms with Gasteiger partial charge in [0.25, 0.3) is 5.91 Å². The highest BCUT2D eigenvalue weighted by Crippen LogP contribution is 2.31. The van der Waals surface area contributed by atoms with Crippen molar-refractivity contribution in [3.63, 3.8) is 0 Å². The van der Waals surface area contributed by atoms with Crippen LogP contribution in [0.4, 0.5) is 17.2 Å². The summed E-state index contributed by atoms with van der Waals surface area (Å²) in [5.41, 5.74) is 3.11. The average Bonchev–Trinajstić information content (AvgIpc) is 3.29. The Morgan fingerprint density at radius 1 is 1.12 bits per heavy atom. The Labute approximate surface area is 198 Å². The van der Waals surface area contributed by atoms with Crippen molar-refractivity contribution >= 4 is 34.0 Å². The Hall–Kier alpha value is -4.14. The van der Waals surface area contributed by atoms with Crippen LogP contribution in [0.2, 0.25) is 0 Å². The van der Waals surface area contributed by atoms with Crippen molar-refractivity contribution in [1.82, 2.24) is 25.5 Å². The minimum Gasteiger partial charge on any atom is -0.484 e. The minimum absolute atomic E-state index is 0.0695. The zero-order valence-corrected chi connectivity index (χ0v) is 20.0. The molecule has 34 heavy (non-hydrogen) atoms. The van der Waals surface area contributed by atoms with Crippen molar-refractivity contribution in [2.75, 3.05) is 30.9 Å². The van der Waals surface area contributed by atoms with Gasteiger partial charge in [-0.25, -0.2) is 9.97 Å². The van der Waals surface area contributed by atoms with E-state index in [-0.39, 0.29) is 18.1 Å². The summed E-state index contributed by atoms with van der Waals surface area (Å²) in [6.07, 6.45) is 3.46. The van der Waals surface area contributed by atoms with Crippen LogP contribution in [0.5, 0.6) is 5.75 Å². The van der Waals surface area contributed by atoms with E-state index in [1.54, 1.807) is 12.4 Å². The lowest BCUT2D eigenvalue weighted by Crippen LogP contribution is -2.43. The Bertz CT molecular complexity index is 1290. The van der Waals surface area contributed by atoms with Crippen LogP contribution < -0.4 is 20.3 Å². The number of hydrogen-bond donors (Lipinski definition) is 3. The van der Waals surface area contributed by atoms with Gasteiger partial charge < -0.3 is 20.3 Å². The van der Waals surface area contributed by atoms with Crippen molar-refractivity contribution in [2.45, 2.75) is 26.3 Å². The molecule has 3 N–H and O–H groups in total. The molecule has 0 saturated carbocycles. The number of ether oxygens (including phenoxy) is 1. The number of carbonyl (C=O) groups is 1. The van der Waals surface area contributed by atoms with Gasteiger partial charge in [-0.2, -0.15) is 5.10 Å². The molecule has 4 rings (SSSR count). The monoisotopic (exact) mass is 459 g/mol. The van der Waals surface area contributed by atoms with E-state index in [2.05, 4.69) is 26.9 Å². The number of nitrogens with one attached hydrogen (secondary N) is 3. The molecule has 2 aromatic heterocycles. The van der Waals surface area contributed by atoms with Crippen LogP contribution in [0.3, 0.4) is 0 Å². The van der Waals surface area contributed by atoms with Gasteiger partial charge in [-0.1, -0.05) is 12.1 Å². The number of fused-ring (bicyclic) bond motifs is 1. The highest BCUT2D eigenvalue weighted by Gasteiger charge is 2.15. The molecule has 9 nitrogen and oxygen atoms in total. The number of nitrogens with zero attached hydrogens (tertiary/aromatic N) is 4. The maximum atomic E-state index is 12.1. The van der Waals surface area contributed by atoms with Crippen LogP contribution in [0, 0.1) is 0 Å². The molecule has 2 aromatic carbocycles. The Kier molecular flexibility index (Phi) is 6.36. The third-order valence-corrected chi connectivity index (χ3v) is 4.93. The molecule has 2 heterocycles. The summed E-state index contributed by atoms with van der Waals surface area (Å²) in [6.45, 7) is 5.72. The van der Waals surface area contributed by atoms with Crippen LogP contribution in [0.15, 0.2) is 54.9 Å². The summed E-state index contributed by atoms with van der Waals surface area (Å²) in [6, 6.07) is 13.5. The number of benzene rings is 2. The Morgan fingerprint density at radius 2 is 1.94 bits per heavy atom. The second-order valence-electron chi connectivity index (χ2n) is 9.22. The standard InChI is InChI=1S/C25H29N7O2/c1-25(2,3)31-22(33)15-34-19-8-6-7-16(11-19)23-29-21-10-9-18(32(4)5)12-20(21)24(30-23)28-17-13-26-27-14-17/h6-14H,15H2,1-5H3,(H,26,27)(H,31,33)(H,28,29,30). The first-order chi connectivity index (χ1) is 16.2. The van der Waals surface area contributed by atoms with Gasteiger partial charge in [-0.05, 0) is 51.1 Å². The number of aromatic nitrogens is 4. The summed E-state index contributed by atoms with van der Waals surface area (Å²) < 4.78 is 5.72. The molecule has 0 atom stereocenters. The van der Waals surface area contributed by atoms with E-state index in [9.17, 15) is 4.79 Å². The topological polar surface area (TPSA) is 108 Å². The van der Waals surface area contributed by atoms with Crippen molar-refractivity contribution in [3.05, 3.63) is 54.9 Å². The summed E-state index contributed by atoms with van der Waals surface area (Å²) in [7, 11) is 3.99. The van der Waals surface area contributed by atoms with Gasteiger partial charge in [0.05, 0.1) is 17.4 Å².